The number of aromatic nitrogens is 1. The number of ether oxygens (including phenoxy) is 2. The van der Waals surface area contributed by atoms with E-state index < -0.39 is 0 Å². The molecule has 0 aliphatic carbocycles. The minimum absolute atomic E-state index is 0.0229. The highest BCUT2D eigenvalue weighted by molar-refractivity contribution is 7.17. The van der Waals surface area contributed by atoms with Crippen LogP contribution in [0.3, 0.4) is 0 Å². The van der Waals surface area contributed by atoms with Crippen molar-refractivity contribution in [2.45, 2.75) is 19.8 Å². The van der Waals surface area contributed by atoms with Crippen molar-refractivity contribution in [1.82, 2.24) is 4.98 Å². The number of hydrogen-bond donors (Lipinski definition) is 0. The zero-order valence-electron chi connectivity index (χ0n) is 14.9. The molecule has 27 heavy (non-hydrogen) atoms. The quantitative estimate of drug-likeness (QED) is 0.661. The van der Waals surface area contributed by atoms with Gasteiger partial charge in [0, 0.05) is 12.1 Å². The van der Waals surface area contributed by atoms with E-state index in [1.54, 1.807) is 6.20 Å². The summed E-state index contributed by atoms with van der Waals surface area (Å²) in [6.45, 7) is 3.05. The maximum atomic E-state index is 13.2. The monoisotopic (exact) mass is 378 g/mol. The molecule has 0 fully saturated rings. The zero-order valence-corrected chi connectivity index (χ0v) is 15.7. The molecular formula is C21H18N2O3S. The van der Waals surface area contributed by atoms with E-state index in [1.807, 2.05) is 23.1 Å². The molecule has 136 valence electrons. The van der Waals surface area contributed by atoms with Crippen molar-refractivity contribution in [1.29, 1.82) is 0 Å². The minimum atomic E-state index is 0.0229. The first-order valence-electron chi connectivity index (χ1n) is 8.97. The lowest BCUT2D eigenvalue weighted by Gasteiger charge is -2.30. The van der Waals surface area contributed by atoms with Gasteiger partial charge in [-0.05, 0) is 49.1 Å². The van der Waals surface area contributed by atoms with Crippen molar-refractivity contribution >= 4 is 22.9 Å². The number of hydrogen-bond acceptors (Lipinski definition) is 5. The van der Waals surface area contributed by atoms with Crippen LogP contribution in [0.2, 0.25) is 0 Å². The van der Waals surface area contributed by atoms with Gasteiger partial charge in [-0.25, -0.2) is 4.98 Å². The second kappa shape index (κ2) is 6.39. The van der Waals surface area contributed by atoms with Crippen LogP contribution in [-0.4, -0.2) is 24.2 Å². The molecule has 2 aliphatic heterocycles. The average molecular weight is 378 g/mol. The van der Waals surface area contributed by atoms with Crippen LogP contribution in [-0.2, 0) is 6.42 Å². The van der Waals surface area contributed by atoms with Crippen molar-refractivity contribution in [2.75, 3.05) is 18.2 Å². The van der Waals surface area contributed by atoms with Crippen LogP contribution < -0.4 is 14.4 Å². The summed E-state index contributed by atoms with van der Waals surface area (Å²) in [5, 5.41) is 0.804. The Hall–Kier alpha value is -2.86. The van der Waals surface area contributed by atoms with Crippen molar-refractivity contribution < 1.29 is 14.3 Å². The van der Waals surface area contributed by atoms with Gasteiger partial charge in [-0.3, -0.25) is 4.79 Å². The van der Waals surface area contributed by atoms with Gasteiger partial charge in [0.15, 0.2) is 11.5 Å². The second-order valence-electron chi connectivity index (χ2n) is 6.74. The Labute approximate surface area is 161 Å². The molecule has 5 rings (SSSR count). The zero-order chi connectivity index (χ0) is 18.4. The predicted molar refractivity (Wildman–Crippen MR) is 105 cm³/mol. The van der Waals surface area contributed by atoms with Crippen molar-refractivity contribution in [2.24, 2.45) is 0 Å². The van der Waals surface area contributed by atoms with Crippen molar-refractivity contribution in [3.8, 4) is 22.1 Å². The fourth-order valence-electron chi connectivity index (χ4n) is 3.72. The molecule has 0 atom stereocenters. The molecule has 0 radical (unpaired) electrons. The number of rotatable bonds is 2. The topological polar surface area (TPSA) is 51.7 Å². The van der Waals surface area contributed by atoms with Crippen LogP contribution in [0, 0.1) is 6.92 Å². The molecule has 3 heterocycles. The summed E-state index contributed by atoms with van der Waals surface area (Å²) >= 11 is 1.42. The highest BCUT2D eigenvalue weighted by Gasteiger charge is 2.26. The van der Waals surface area contributed by atoms with E-state index in [0.717, 1.165) is 52.7 Å². The van der Waals surface area contributed by atoms with E-state index in [9.17, 15) is 4.79 Å². The predicted octanol–water partition coefficient (Wildman–Crippen LogP) is 4.44. The molecule has 0 saturated carbocycles. The van der Waals surface area contributed by atoms with Gasteiger partial charge < -0.3 is 14.4 Å². The van der Waals surface area contributed by atoms with Gasteiger partial charge in [-0.1, -0.05) is 18.2 Å². The molecule has 1 amide bonds. The number of thiazole rings is 1. The van der Waals surface area contributed by atoms with E-state index >= 15 is 0 Å². The Kier molecular flexibility index (Phi) is 3.86. The second-order valence-corrected chi connectivity index (χ2v) is 7.77. The molecule has 0 N–H and O–H groups in total. The summed E-state index contributed by atoms with van der Waals surface area (Å²) in [7, 11) is 0. The van der Waals surface area contributed by atoms with E-state index in [-0.39, 0.29) is 12.7 Å². The number of fused-ring (bicyclic) bond motifs is 2. The Morgan fingerprint density at radius 1 is 1.19 bits per heavy atom. The summed E-state index contributed by atoms with van der Waals surface area (Å²) in [4.78, 5) is 20.2. The number of nitrogens with zero attached hydrogens (tertiary/aromatic N) is 2. The lowest BCUT2D eigenvalue weighted by atomic mass is 9.98. The number of amides is 1. The van der Waals surface area contributed by atoms with Crippen molar-refractivity contribution in [3.63, 3.8) is 0 Å². The first kappa shape index (κ1) is 16.3. The lowest BCUT2D eigenvalue weighted by molar-refractivity contribution is 0.0988. The SMILES string of the molecule is Cc1cccc2c1N(C(=O)c1cnc(-c3ccc4c(c3)OCO4)s1)CCC2. The minimum Gasteiger partial charge on any atom is -0.454 e. The number of para-hydroxylation sites is 1. The largest absolute Gasteiger partial charge is 0.454 e. The van der Waals surface area contributed by atoms with Crippen LogP contribution in [0.1, 0.15) is 27.2 Å². The molecule has 5 nitrogen and oxygen atoms in total. The molecule has 3 aromatic rings. The fraction of sp³-hybridized carbons (Fsp3) is 0.238. The Morgan fingerprint density at radius 3 is 3.00 bits per heavy atom. The summed E-state index contributed by atoms with van der Waals surface area (Å²) in [5.74, 6) is 1.48. The third-order valence-corrected chi connectivity index (χ3v) is 6.03. The normalized spacial score (nSPS) is 14.9. The third kappa shape index (κ3) is 2.77. The van der Waals surface area contributed by atoms with E-state index in [0.29, 0.717) is 4.88 Å². The Bertz CT molecular complexity index is 1040. The van der Waals surface area contributed by atoms with Gasteiger partial charge in [0.1, 0.15) is 9.88 Å². The highest BCUT2D eigenvalue weighted by atomic mass is 32.1. The standard InChI is InChI=1S/C21H18N2O3S/c1-13-4-2-5-14-6-3-9-23(19(13)14)21(24)18-11-22-20(27-18)15-7-8-16-17(10-15)26-12-25-16/h2,4-5,7-8,10-11H,3,6,9,12H2,1H3. The smallest absolute Gasteiger partial charge is 0.270 e. The van der Waals surface area contributed by atoms with Gasteiger partial charge >= 0.3 is 0 Å². The van der Waals surface area contributed by atoms with Crippen molar-refractivity contribution in [3.05, 3.63) is 58.6 Å². The number of aryl methyl sites for hydroxylation is 2. The summed E-state index contributed by atoms with van der Waals surface area (Å²) in [6.07, 6.45) is 3.68. The summed E-state index contributed by atoms with van der Waals surface area (Å²) in [6, 6.07) is 12.0. The molecule has 0 saturated heterocycles. The first-order valence-corrected chi connectivity index (χ1v) is 9.78. The van der Waals surface area contributed by atoms with Crippen LogP contribution in [0.25, 0.3) is 10.6 Å². The molecule has 0 spiro atoms. The maximum absolute atomic E-state index is 13.2. The first-order chi connectivity index (χ1) is 13.2. The maximum Gasteiger partial charge on any atom is 0.270 e. The van der Waals surface area contributed by atoms with Crippen LogP contribution in [0.4, 0.5) is 5.69 Å². The van der Waals surface area contributed by atoms with Gasteiger partial charge in [0.25, 0.3) is 5.91 Å². The third-order valence-electron chi connectivity index (χ3n) is 5.00. The fourth-order valence-corrected chi connectivity index (χ4v) is 4.58. The molecule has 6 heteroatoms. The number of anilines is 1. The molecular weight excluding hydrogens is 360 g/mol. The molecule has 2 aromatic carbocycles. The number of carbonyl (C=O) groups is 1. The lowest BCUT2D eigenvalue weighted by Crippen LogP contribution is -2.35. The van der Waals surface area contributed by atoms with Gasteiger partial charge in [-0.15, -0.1) is 11.3 Å². The van der Waals surface area contributed by atoms with Gasteiger partial charge in [0.05, 0.1) is 11.9 Å². The number of carbonyl (C=O) groups excluding carboxylic acids is 1. The van der Waals surface area contributed by atoms with Gasteiger partial charge in [0.2, 0.25) is 6.79 Å². The van der Waals surface area contributed by atoms with E-state index in [2.05, 4.69) is 30.1 Å². The van der Waals surface area contributed by atoms with E-state index in [4.69, 9.17) is 9.47 Å². The van der Waals surface area contributed by atoms with Crippen LogP contribution in [0.5, 0.6) is 11.5 Å². The van der Waals surface area contributed by atoms with Gasteiger partial charge in [-0.2, -0.15) is 0 Å². The molecule has 0 unspecified atom stereocenters. The van der Waals surface area contributed by atoms with Crippen LogP contribution >= 0.6 is 11.3 Å². The van der Waals surface area contributed by atoms with E-state index in [1.165, 1.54) is 16.9 Å². The number of benzene rings is 2. The molecule has 0 bridgehead atoms. The Balaban J connectivity index is 1.46. The summed E-state index contributed by atoms with van der Waals surface area (Å²) in [5.41, 5.74) is 4.38. The molecule has 1 aromatic heterocycles. The van der Waals surface area contributed by atoms with Crippen LogP contribution in [0.15, 0.2) is 42.6 Å². The Morgan fingerprint density at radius 2 is 2.07 bits per heavy atom. The highest BCUT2D eigenvalue weighted by Crippen LogP contribution is 2.38. The average Bonchev–Trinajstić information content (AvgIpc) is 3.36. The molecule has 2 aliphatic rings. The summed E-state index contributed by atoms with van der Waals surface area (Å²) < 4.78 is 10.8.